The van der Waals surface area contributed by atoms with Crippen molar-refractivity contribution in [3.05, 3.63) is 42.1 Å². The van der Waals surface area contributed by atoms with Gasteiger partial charge in [0.05, 0.1) is 5.69 Å². The fourth-order valence-electron chi connectivity index (χ4n) is 3.01. The summed E-state index contributed by atoms with van der Waals surface area (Å²) in [5.74, 6) is 1.93. The minimum atomic E-state index is 0.155. The third-order valence-electron chi connectivity index (χ3n) is 4.15. The molecule has 0 bridgehead atoms. The van der Waals surface area contributed by atoms with Gasteiger partial charge in [-0.25, -0.2) is 0 Å². The zero-order chi connectivity index (χ0) is 15.4. The lowest BCUT2D eigenvalue weighted by molar-refractivity contribution is 0.0685. The molecule has 116 valence electrons. The van der Waals surface area contributed by atoms with Gasteiger partial charge in [-0.05, 0) is 54.5 Å². The highest BCUT2D eigenvalue weighted by molar-refractivity contribution is 7.98. The molecule has 1 N–H and O–H groups in total. The average molecular weight is 315 g/mol. The first-order chi connectivity index (χ1) is 10.8. The molecule has 22 heavy (non-hydrogen) atoms. The minimum absolute atomic E-state index is 0.155. The van der Waals surface area contributed by atoms with Gasteiger partial charge < -0.3 is 4.90 Å². The summed E-state index contributed by atoms with van der Waals surface area (Å²) in [6, 6.07) is 9.70. The summed E-state index contributed by atoms with van der Waals surface area (Å²) in [4.78, 5) is 14.7. The van der Waals surface area contributed by atoms with Crippen LogP contribution < -0.4 is 0 Å². The Morgan fingerprint density at radius 2 is 2.18 bits per heavy atom. The van der Waals surface area contributed by atoms with Crippen LogP contribution in [0.3, 0.4) is 0 Å². The lowest BCUT2D eigenvalue weighted by Gasteiger charge is -2.32. The molecule has 3 rings (SSSR count). The molecule has 1 fully saturated rings. The first-order valence-electron chi connectivity index (χ1n) is 7.66. The van der Waals surface area contributed by atoms with E-state index in [1.165, 1.54) is 6.42 Å². The second-order valence-electron chi connectivity index (χ2n) is 5.76. The first-order valence-corrected chi connectivity index (χ1v) is 9.05. The van der Waals surface area contributed by atoms with Gasteiger partial charge in [-0.2, -0.15) is 16.9 Å². The van der Waals surface area contributed by atoms with Crippen molar-refractivity contribution in [1.29, 1.82) is 0 Å². The second kappa shape index (κ2) is 7.01. The first kappa shape index (κ1) is 15.2. The highest BCUT2D eigenvalue weighted by atomic mass is 32.2. The van der Waals surface area contributed by atoms with Crippen LogP contribution in [0.5, 0.6) is 0 Å². The number of aromatic amines is 1. The highest BCUT2D eigenvalue weighted by Crippen LogP contribution is 2.22. The fourth-order valence-corrected chi connectivity index (χ4v) is 3.76. The Bertz CT molecular complexity index is 607. The maximum absolute atomic E-state index is 12.6. The van der Waals surface area contributed by atoms with Gasteiger partial charge in [-0.15, -0.1) is 0 Å². The molecule has 5 heteroatoms. The van der Waals surface area contributed by atoms with Crippen molar-refractivity contribution in [1.82, 2.24) is 15.1 Å². The van der Waals surface area contributed by atoms with E-state index >= 15 is 0 Å². The number of amides is 1. The highest BCUT2D eigenvalue weighted by Gasteiger charge is 2.24. The van der Waals surface area contributed by atoms with E-state index in [0.29, 0.717) is 5.92 Å². The van der Waals surface area contributed by atoms with Crippen LogP contribution in [0.2, 0.25) is 0 Å². The topological polar surface area (TPSA) is 49.0 Å². The van der Waals surface area contributed by atoms with Crippen LogP contribution in [-0.4, -0.2) is 46.1 Å². The second-order valence-corrected chi connectivity index (χ2v) is 6.67. The van der Waals surface area contributed by atoms with Crippen LogP contribution in [0.4, 0.5) is 0 Å². The summed E-state index contributed by atoms with van der Waals surface area (Å²) in [6.07, 6.45) is 6.22. The molecule has 0 radical (unpaired) electrons. The number of hydrogen-bond donors (Lipinski definition) is 1. The number of thioether (sulfide) groups is 1. The van der Waals surface area contributed by atoms with Crippen LogP contribution in [0, 0.1) is 5.92 Å². The molecular weight excluding hydrogens is 294 g/mol. The lowest BCUT2D eigenvalue weighted by Crippen LogP contribution is -2.40. The van der Waals surface area contributed by atoms with Gasteiger partial charge in [0.1, 0.15) is 0 Å². The van der Waals surface area contributed by atoms with Gasteiger partial charge in [0.15, 0.2) is 0 Å². The molecule has 1 amide bonds. The van der Waals surface area contributed by atoms with Crippen LogP contribution in [0.1, 0.15) is 23.2 Å². The molecule has 1 aromatic carbocycles. The van der Waals surface area contributed by atoms with E-state index in [1.807, 2.05) is 47.0 Å². The summed E-state index contributed by atoms with van der Waals surface area (Å²) in [7, 11) is 0. The molecule has 0 spiro atoms. The molecule has 1 aromatic heterocycles. The summed E-state index contributed by atoms with van der Waals surface area (Å²) in [5.41, 5.74) is 2.79. The smallest absolute Gasteiger partial charge is 0.253 e. The molecule has 2 aromatic rings. The molecule has 0 saturated carbocycles. The van der Waals surface area contributed by atoms with Gasteiger partial charge in [-0.1, -0.05) is 12.1 Å². The zero-order valence-corrected chi connectivity index (χ0v) is 13.6. The molecule has 1 saturated heterocycles. The molecule has 0 aliphatic carbocycles. The number of benzene rings is 1. The summed E-state index contributed by atoms with van der Waals surface area (Å²) in [6.45, 7) is 1.77. The Morgan fingerprint density at radius 1 is 1.36 bits per heavy atom. The maximum atomic E-state index is 12.6. The normalized spacial score (nSPS) is 18.4. The standard InChI is InChI=1S/C17H21N3OS/c1-22-12-13-3-2-10-20(11-13)17(21)15-6-4-14(5-7-15)16-8-9-18-19-16/h4-9,13H,2-3,10-12H2,1H3,(H,18,19)/t13-/m0/s1. The van der Waals surface area contributed by atoms with E-state index in [-0.39, 0.29) is 5.91 Å². The monoisotopic (exact) mass is 315 g/mol. The number of piperidine rings is 1. The number of nitrogens with one attached hydrogen (secondary N) is 1. The molecular formula is C17H21N3OS. The fraction of sp³-hybridized carbons (Fsp3) is 0.412. The predicted octanol–water partition coefficient (Wildman–Crippen LogP) is 3.29. The van der Waals surface area contributed by atoms with E-state index in [4.69, 9.17) is 0 Å². The Morgan fingerprint density at radius 3 is 2.86 bits per heavy atom. The van der Waals surface area contributed by atoms with E-state index in [1.54, 1.807) is 6.20 Å². The van der Waals surface area contributed by atoms with Gasteiger partial charge in [0.25, 0.3) is 5.91 Å². The number of carbonyl (C=O) groups is 1. The van der Waals surface area contributed by atoms with Crippen LogP contribution in [0.15, 0.2) is 36.5 Å². The maximum Gasteiger partial charge on any atom is 0.253 e. The van der Waals surface area contributed by atoms with Gasteiger partial charge in [-0.3, -0.25) is 9.89 Å². The Hall–Kier alpha value is -1.75. The molecule has 1 aliphatic heterocycles. The Labute approximate surface area is 135 Å². The third-order valence-corrected chi connectivity index (χ3v) is 4.96. The predicted molar refractivity (Wildman–Crippen MR) is 91.0 cm³/mol. The number of carbonyl (C=O) groups excluding carboxylic acids is 1. The summed E-state index contributed by atoms with van der Waals surface area (Å²) >= 11 is 1.87. The van der Waals surface area contributed by atoms with Crippen molar-refractivity contribution in [2.45, 2.75) is 12.8 Å². The number of likely N-dealkylation sites (tertiary alicyclic amines) is 1. The summed E-state index contributed by atoms with van der Waals surface area (Å²) in [5, 5.41) is 6.89. The summed E-state index contributed by atoms with van der Waals surface area (Å²) < 4.78 is 0. The SMILES string of the molecule is CSC[C@H]1CCCN(C(=O)c2ccc(-c3ccn[nH]3)cc2)C1. The molecule has 1 atom stereocenters. The number of nitrogens with zero attached hydrogens (tertiary/aromatic N) is 2. The van der Waals surface area contributed by atoms with E-state index in [0.717, 1.165) is 42.1 Å². The van der Waals surface area contributed by atoms with Crippen molar-refractivity contribution < 1.29 is 4.79 Å². The number of rotatable bonds is 4. The molecule has 0 unspecified atom stereocenters. The Kier molecular flexibility index (Phi) is 4.83. The van der Waals surface area contributed by atoms with E-state index in [2.05, 4.69) is 16.5 Å². The third kappa shape index (κ3) is 3.35. The van der Waals surface area contributed by atoms with Crippen molar-refractivity contribution in [2.24, 2.45) is 5.92 Å². The van der Waals surface area contributed by atoms with Crippen LogP contribution >= 0.6 is 11.8 Å². The number of aromatic nitrogens is 2. The van der Waals surface area contributed by atoms with Gasteiger partial charge in [0, 0.05) is 24.8 Å². The van der Waals surface area contributed by atoms with Crippen molar-refractivity contribution in [3.8, 4) is 11.3 Å². The largest absolute Gasteiger partial charge is 0.338 e. The van der Waals surface area contributed by atoms with Crippen LogP contribution in [-0.2, 0) is 0 Å². The van der Waals surface area contributed by atoms with Gasteiger partial charge in [0.2, 0.25) is 0 Å². The Balaban J connectivity index is 1.69. The van der Waals surface area contributed by atoms with Crippen LogP contribution in [0.25, 0.3) is 11.3 Å². The zero-order valence-electron chi connectivity index (χ0n) is 12.8. The minimum Gasteiger partial charge on any atom is -0.338 e. The molecule has 2 heterocycles. The van der Waals surface area contributed by atoms with Crippen molar-refractivity contribution in [2.75, 3.05) is 25.1 Å². The molecule has 1 aliphatic rings. The van der Waals surface area contributed by atoms with E-state index in [9.17, 15) is 4.79 Å². The lowest BCUT2D eigenvalue weighted by atomic mass is 9.99. The number of hydrogen-bond acceptors (Lipinski definition) is 3. The quantitative estimate of drug-likeness (QED) is 0.942. The molecule has 4 nitrogen and oxygen atoms in total. The van der Waals surface area contributed by atoms with E-state index < -0.39 is 0 Å². The average Bonchev–Trinajstić information content (AvgIpc) is 3.09. The van der Waals surface area contributed by atoms with Crippen molar-refractivity contribution >= 4 is 17.7 Å². The number of H-pyrrole nitrogens is 1. The van der Waals surface area contributed by atoms with Crippen molar-refractivity contribution in [3.63, 3.8) is 0 Å². The van der Waals surface area contributed by atoms with Gasteiger partial charge >= 0.3 is 0 Å².